The second kappa shape index (κ2) is 6.86. The second-order valence-corrected chi connectivity index (χ2v) is 8.22. The van der Waals surface area contributed by atoms with Gasteiger partial charge in [-0.1, -0.05) is 24.3 Å². The van der Waals surface area contributed by atoms with E-state index in [2.05, 4.69) is 45.8 Å². The number of aryl methyl sites for hydroxylation is 1. The Kier molecular flexibility index (Phi) is 4.63. The van der Waals surface area contributed by atoms with E-state index in [1.807, 2.05) is 0 Å². The Morgan fingerprint density at radius 2 is 1.74 bits per heavy atom. The van der Waals surface area contributed by atoms with E-state index in [9.17, 15) is 4.79 Å². The molecule has 2 aliphatic heterocycles. The van der Waals surface area contributed by atoms with Crippen LogP contribution in [0, 0.1) is 0 Å². The van der Waals surface area contributed by atoms with Gasteiger partial charge in [0.1, 0.15) is 0 Å². The standard InChI is InChI=1S/C19H26N2OS/c22-19(18-6-5-15-3-1-2-4-17(15)18)21-11-9-20(10-12-21)16-7-13-23-14-8-16/h1-4,16,18H,5-14H2/t18-/m0/s1. The number of hydrogen-bond donors (Lipinski definition) is 0. The molecular formula is C19H26N2OS. The van der Waals surface area contributed by atoms with Crippen LogP contribution < -0.4 is 0 Å². The van der Waals surface area contributed by atoms with E-state index >= 15 is 0 Å². The number of amides is 1. The monoisotopic (exact) mass is 330 g/mol. The molecule has 4 heteroatoms. The van der Waals surface area contributed by atoms with Gasteiger partial charge in [0.2, 0.25) is 5.91 Å². The molecule has 1 aromatic carbocycles. The summed E-state index contributed by atoms with van der Waals surface area (Å²) in [5, 5.41) is 0. The van der Waals surface area contributed by atoms with E-state index in [1.165, 1.54) is 35.5 Å². The third kappa shape index (κ3) is 3.16. The van der Waals surface area contributed by atoms with Crippen molar-refractivity contribution in [2.75, 3.05) is 37.7 Å². The molecule has 3 nitrogen and oxygen atoms in total. The number of nitrogens with zero attached hydrogens (tertiary/aromatic N) is 2. The van der Waals surface area contributed by atoms with Crippen LogP contribution in [0.4, 0.5) is 0 Å². The zero-order chi connectivity index (χ0) is 15.6. The van der Waals surface area contributed by atoms with Gasteiger partial charge in [0.25, 0.3) is 0 Å². The fourth-order valence-corrected chi connectivity index (χ4v) is 5.47. The zero-order valence-electron chi connectivity index (χ0n) is 13.7. The summed E-state index contributed by atoms with van der Waals surface area (Å²) in [7, 11) is 0. The van der Waals surface area contributed by atoms with Crippen LogP contribution in [0.2, 0.25) is 0 Å². The van der Waals surface area contributed by atoms with Crippen LogP contribution in [-0.2, 0) is 11.2 Å². The zero-order valence-corrected chi connectivity index (χ0v) is 14.6. The maximum atomic E-state index is 13.0. The molecule has 3 aliphatic rings. The van der Waals surface area contributed by atoms with Crippen LogP contribution >= 0.6 is 11.8 Å². The summed E-state index contributed by atoms with van der Waals surface area (Å²) in [5.74, 6) is 3.10. The van der Waals surface area contributed by atoms with Gasteiger partial charge in [-0.2, -0.15) is 11.8 Å². The molecule has 4 rings (SSSR count). The van der Waals surface area contributed by atoms with Gasteiger partial charge in [0.15, 0.2) is 0 Å². The number of carbonyl (C=O) groups is 1. The normalized spacial score (nSPS) is 26.3. The van der Waals surface area contributed by atoms with Crippen molar-refractivity contribution in [3.05, 3.63) is 35.4 Å². The molecule has 1 atom stereocenters. The van der Waals surface area contributed by atoms with Gasteiger partial charge in [-0.25, -0.2) is 0 Å². The van der Waals surface area contributed by atoms with Gasteiger partial charge >= 0.3 is 0 Å². The molecule has 1 aromatic rings. The minimum atomic E-state index is 0.115. The maximum Gasteiger partial charge on any atom is 0.230 e. The first-order valence-electron chi connectivity index (χ1n) is 9.01. The fraction of sp³-hybridized carbons (Fsp3) is 0.632. The number of piperazine rings is 1. The number of benzene rings is 1. The topological polar surface area (TPSA) is 23.6 Å². The number of fused-ring (bicyclic) bond motifs is 1. The first kappa shape index (κ1) is 15.5. The number of carbonyl (C=O) groups excluding carboxylic acids is 1. The first-order valence-corrected chi connectivity index (χ1v) is 10.2. The van der Waals surface area contributed by atoms with E-state index in [0.717, 1.165) is 45.1 Å². The number of rotatable bonds is 2. The Morgan fingerprint density at radius 3 is 2.52 bits per heavy atom. The predicted molar refractivity (Wildman–Crippen MR) is 96.0 cm³/mol. The van der Waals surface area contributed by atoms with Crippen molar-refractivity contribution in [2.24, 2.45) is 0 Å². The van der Waals surface area contributed by atoms with E-state index < -0.39 is 0 Å². The summed E-state index contributed by atoms with van der Waals surface area (Å²) in [6.45, 7) is 3.97. The van der Waals surface area contributed by atoms with E-state index in [1.54, 1.807) is 0 Å². The Balaban J connectivity index is 1.36. The molecule has 2 heterocycles. The maximum absolute atomic E-state index is 13.0. The van der Waals surface area contributed by atoms with Crippen molar-refractivity contribution in [3.8, 4) is 0 Å². The van der Waals surface area contributed by atoms with Crippen LogP contribution in [0.5, 0.6) is 0 Å². The Labute approximate surface area is 143 Å². The molecule has 23 heavy (non-hydrogen) atoms. The smallest absolute Gasteiger partial charge is 0.230 e. The highest BCUT2D eigenvalue weighted by molar-refractivity contribution is 7.99. The quantitative estimate of drug-likeness (QED) is 0.833. The molecule has 0 N–H and O–H groups in total. The largest absolute Gasteiger partial charge is 0.340 e. The van der Waals surface area contributed by atoms with Gasteiger partial charge in [-0.15, -0.1) is 0 Å². The second-order valence-electron chi connectivity index (χ2n) is 6.99. The van der Waals surface area contributed by atoms with Gasteiger partial charge in [-0.3, -0.25) is 9.69 Å². The van der Waals surface area contributed by atoms with E-state index in [0.29, 0.717) is 5.91 Å². The Hall–Kier alpha value is -1.00. The lowest BCUT2D eigenvalue weighted by molar-refractivity contribution is -0.134. The summed E-state index contributed by atoms with van der Waals surface area (Å²) < 4.78 is 0. The molecule has 0 aromatic heterocycles. The van der Waals surface area contributed by atoms with Crippen LogP contribution in [0.15, 0.2) is 24.3 Å². The molecule has 0 saturated carbocycles. The Morgan fingerprint density at radius 1 is 1.00 bits per heavy atom. The predicted octanol–water partition coefficient (Wildman–Crippen LogP) is 2.76. The third-order valence-electron chi connectivity index (χ3n) is 5.76. The molecule has 0 radical (unpaired) electrons. The van der Waals surface area contributed by atoms with Crippen molar-refractivity contribution in [2.45, 2.75) is 37.6 Å². The fourth-order valence-electron chi connectivity index (χ4n) is 4.39. The molecular weight excluding hydrogens is 304 g/mol. The van der Waals surface area contributed by atoms with Gasteiger partial charge < -0.3 is 4.90 Å². The van der Waals surface area contributed by atoms with Gasteiger partial charge in [-0.05, 0) is 48.3 Å². The molecule has 2 saturated heterocycles. The summed E-state index contributed by atoms with van der Waals surface area (Å²) in [5.41, 5.74) is 2.66. The molecule has 0 spiro atoms. The summed E-state index contributed by atoms with van der Waals surface area (Å²) in [4.78, 5) is 17.7. The van der Waals surface area contributed by atoms with Gasteiger partial charge in [0.05, 0.1) is 5.92 Å². The summed E-state index contributed by atoms with van der Waals surface area (Å²) >= 11 is 2.09. The Bertz CT molecular complexity index is 562. The molecule has 1 aliphatic carbocycles. The average molecular weight is 330 g/mol. The van der Waals surface area contributed by atoms with E-state index in [-0.39, 0.29) is 5.92 Å². The molecule has 1 amide bonds. The van der Waals surface area contributed by atoms with Crippen LogP contribution in [-0.4, -0.2) is 59.4 Å². The number of hydrogen-bond acceptors (Lipinski definition) is 3. The van der Waals surface area contributed by atoms with Crippen LogP contribution in [0.1, 0.15) is 36.3 Å². The van der Waals surface area contributed by atoms with Crippen molar-refractivity contribution in [3.63, 3.8) is 0 Å². The lowest BCUT2D eigenvalue weighted by atomic mass is 9.99. The highest BCUT2D eigenvalue weighted by atomic mass is 32.2. The third-order valence-corrected chi connectivity index (χ3v) is 6.81. The van der Waals surface area contributed by atoms with Crippen molar-refractivity contribution >= 4 is 17.7 Å². The van der Waals surface area contributed by atoms with Crippen LogP contribution in [0.3, 0.4) is 0 Å². The minimum absolute atomic E-state index is 0.115. The molecule has 0 unspecified atom stereocenters. The minimum Gasteiger partial charge on any atom is -0.340 e. The SMILES string of the molecule is O=C([C@H]1CCc2ccccc21)N1CCN(C2CCSCC2)CC1. The average Bonchev–Trinajstić information content (AvgIpc) is 3.06. The molecule has 2 fully saturated rings. The molecule has 124 valence electrons. The highest BCUT2D eigenvalue weighted by Crippen LogP contribution is 2.34. The highest BCUT2D eigenvalue weighted by Gasteiger charge is 2.34. The van der Waals surface area contributed by atoms with Crippen molar-refractivity contribution < 1.29 is 4.79 Å². The first-order chi connectivity index (χ1) is 11.3. The van der Waals surface area contributed by atoms with E-state index in [4.69, 9.17) is 0 Å². The summed E-state index contributed by atoms with van der Waals surface area (Å²) in [6, 6.07) is 9.26. The summed E-state index contributed by atoms with van der Waals surface area (Å²) in [6.07, 6.45) is 4.72. The molecule has 0 bridgehead atoms. The lowest BCUT2D eigenvalue weighted by Crippen LogP contribution is -2.53. The van der Waals surface area contributed by atoms with Crippen LogP contribution in [0.25, 0.3) is 0 Å². The lowest BCUT2D eigenvalue weighted by Gasteiger charge is -2.41. The van der Waals surface area contributed by atoms with Gasteiger partial charge in [0, 0.05) is 32.2 Å². The number of thioether (sulfide) groups is 1. The van der Waals surface area contributed by atoms with Crippen molar-refractivity contribution in [1.82, 2.24) is 9.80 Å². The van der Waals surface area contributed by atoms with Crippen molar-refractivity contribution in [1.29, 1.82) is 0 Å².